The summed E-state index contributed by atoms with van der Waals surface area (Å²) in [6, 6.07) is 8.76. The first kappa shape index (κ1) is 15.7. The number of rotatable bonds is 3. The highest BCUT2D eigenvalue weighted by Gasteiger charge is 2.29. The molecule has 0 bridgehead atoms. The normalized spacial score (nSPS) is 18.6. The third kappa shape index (κ3) is 3.59. The van der Waals surface area contributed by atoms with Gasteiger partial charge in [-0.3, -0.25) is 4.79 Å². The Morgan fingerprint density at radius 3 is 2.72 bits per heavy atom. The number of amides is 1. The molecule has 1 N–H and O–H groups in total. The minimum Gasteiger partial charge on any atom is -0.335 e. The lowest BCUT2D eigenvalue weighted by Crippen LogP contribution is -2.36. The van der Waals surface area contributed by atoms with Gasteiger partial charge in [-0.25, -0.2) is 0 Å². The van der Waals surface area contributed by atoms with Gasteiger partial charge in [-0.15, -0.1) is 12.4 Å². The fraction of sp³-hybridized carbons (Fsp3) is 0.462. The van der Waals surface area contributed by atoms with Gasteiger partial charge < -0.3 is 10.2 Å². The summed E-state index contributed by atoms with van der Waals surface area (Å²) < 4.78 is 1.23. The topological polar surface area (TPSA) is 32.3 Å². The molecular formula is C13H18ClIN2O. The van der Waals surface area contributed by atoms with Gasteiger partial charge in [0.05, 0.1) is 12.6 Å². The van der Waals surface area contributed by atoms with Gasteiger partial charge in [-0.2, -0.15) is 0 Å². The van der Waals surface area contributed by atoms with E-state index in [2.05, 4.69) is 52.2 Å². The number of benzene rings is 1. The van der Waals surface area contributed by atoms with Crippen LogP contribution in [0.1, 0.15) is 24.4 Å². The largest absolute Gasteiger partial charge is 0.335 e. The van der Waals surface area contributed by atoms with Crippen LogP contribution in [-0.2, 0) is 4.79 Å². The molecule has 100 valence electrons. The number of carbonyl (C=O) groups is 1. The van der Waals surface area contributed by atoms with Crippen LogP contribution in [0.25, 0.3) is 0 Å². The van der Waals surface area contributed by atoms with Crippen molar-refractivity contribution in [2.24, 2.45) is 0 Å². The molecule has 1 unspecified atom stereocenters. The SMILES string of the molecule is CNCC(=O)N1CCCC1c1ccc(I)cc1.Cl. The van der Waals surface area contributed by atoms with Crippen LogP contribution in [-0.4, -0.2) is 30.9 Å². The van der Waals surface area contributed by atoms with Crippen LogP contribution in [0.4, 0.5) is 0 Å². The average molecular weight is 381 g/mol. The van der Waals surface area contributed by atoms with Gasteiger partial charge in [0.2, 0.25) is 5.91 Å². The second-order valence-electron chi connectivity index (χ2n) is 4.33. The summed E-state index contributed by atoms with van der Waals surface area (Å²) in [4.78, 5) is 14.0. The van der Waals surface area contributed by atoms with E-state index in [-0.39, 0.29) is 24.4 Å². The summed E-state index contributed by atoms with van der Waals surface area (Å²) >= 11 is 2.30. The molecule has 1 aliphatic rings. The van der Waals surface area contributed by atoms with E-state index in [0.29, 0.717) is 6.54 Å². The zero-order valence-electron chi connectivity index (χ0n) is 10.4. The predicted octanol–water partition coefficient (Wildman–Crippen LogP) is 2.60. The van der Waals surface area contributed by atoms with Crippen molar-refractivity contribution in [3.63, 3.8) is 0 Å². The lowest BCUT2D eigenvalue weighted by Gasteiger charge is -2.25. The van der Waals surface area contributed by atoms with E-state index in [9.17, 15) is 4.79 Å². The maximum atomic E-state index is 12.0. The van der Waals surface area contributed by atoms with Crippen molar-refractivity contribution < 1.29 is 4.79 Å². The smallest absolute Gasteiger partial charge is 0.237 e. The molecule has 0 aromatic heterocycles. The summed E-state index contributed by atoms with van der Waals surface area (Å²) in [6.45, 7) is 1.32. The molecule has 0 spiro atoms. The van der Waals surface area contributed by atoms with Crippen molar-refractivity contribution in [3.8, 4) is 0 Å². The molecule has 1 heterocycles. The molecule has 18 heavy (non-hydrogen) atoms. The number of nitrogens with one attached hydrogen (secondary N) is 1. The Balaban J connectivity index is 0.00000162. The van der Waals surface area contributed by atoms with E-state index < -0.39 is 0 Å². The van der Waals surface area contributed by atoms with Gasteiger partial charge in [-0.1, -0.05) is 12.1 Å². The van der Waals surface area contributed by atoms with Crippen molar-refractivity contribution in [3.05, 3.63) is 33.4 Å². The monoisotopic (exact) mass is 380 g/mol. The van der Waals surface area contributed by atoms with Gasteiger partial charge in [0, 0.05) is 10.1 Å². The number of likely N-dealkylation sites (tertiary alicyclic amines) is 1. The Morgan fingerprint density at radius 2 is 2.11 bits per heavy atom. The van der Waals surface area contributed by atoms with E-state index in [0.717, 1.165) is 19.4 Å². The van der Waals surface area contributed by atoms with Crippen LogP contribution >= 0.6 is 35.0 Å². The fourth-order valence-corrected chi connectivity index (χ4v) is 2.71. The maximum absolute atomic E-state index is 12.0. The number of nitrogens with zero attached hydrogens (tertiary/aromatic N) is 1. The summed E-state index contributed by atoms with van der Waals surface area (Å²) in [7, 11) is 1.81. The van der Waals surface area contributed by atoms with E-state index in [4.69, 9.17) is 0 Å². The van der Waals surface area contributed by atoms with Crippen LogP contribution in [0.5, 0.6) is 0 Å². The molecule has 2 rings (SSSR count). The molecule has 3 nitrogen and oxygen atoms in total. The quantitative estimate of drug-likeness (QED) is 0.818. The molecule has 0 aliphatic carbocycles. The number of hydrogen-bond acceptors (Lipinski definition) is 2. The Hall–Kier alpha value is -0.330. The molecule has 1 fully saturated rings. The first-order valence-corrected chi connectivity index (χ1v) is 7.00. The van der Waals surface area contributed by atoms with Crippen molar-refractivity contribution in [1.82, 2.24) is 10.2 Å². The highest BCUT2D eigenvalue weighted by molar-refractivity contribution is 14.1. The molecule has 5 heteroatoms. The molecule has 1 aromatic rings. The van der Waals surface area contributed by atoms with Gasteiger partial charge in [0.25, 0.3) is 0 Å². The van der Waals surface area contributed by atoms with E-state index in [1.54, 1.807) is 0 Å². The fourth-order valence-electron chi connectivity index (χ4n) is 2.35. The van der Waals surface area contributed by atoms with Crippen molar-refractivity contribution >= 4 is 40.9 Å². The first-order valence-electron chi connectivity index (χ1n) is 5.92. The minimum absolute atomic E-state index is 0. The van der Waals surface area contributed by atoms with Crippen LogP contribution in [0.3, 0.4) is 0 Å². The Bertz CT molecular complexity index is 396. The first-order chi connectivity index (χ1) is 8.22. The zero-order chi connectivity index (χ0) is 12.3. The van der Waals surface area contributed by atoms with Crippen LogP contribution < -0.4 is 5.32 Å². The van der Waals surface area contributed by atoms with Gasteiger partial charge in [0.1, 0.15) is 0 Å². The van der Waals surface area contributed by atoms with Crippen LogP contribution in [0.15, 0.2) is 24.3 Å². The molecule has 1 saturated heterocycles. The van der Waals surface area contributed by atoms with Gasteiger partial charge in [-0.05, 0) is 60.2 Å². The predicted molar refractivity (Wildman–Crippen MR) is 84.0 cm³/mol. The highest BCUT2D eigenvalue weighted by Crippen LogP contribution is 2.31. The van der Waals surface area contributed by atoms with Gasteiger partial charge in [0.15, 0.2) is 0 Å². The van der Waals surface area contributed by atoms with Crippen molar-refractivity contribution in [2.45, 2.75) is 18.9 Å². The molecular weight excluding hydrogens is 363 g/mol. The molecule has 0 radical (unpaired) electrons. The molecule has 0 saturated carbocycles. The highest BCUT2D eigenvalue weighted by atomic mass is 127. The third-order valence-electron chi connectivity index (χ3n) is 3.16. The number of carbonyl (C=O) groups excluding carboxylic acids is 1. The maximum Gasteiger partial charge on any atom is 0.237 e. The molecule has 1 aromatic carbocycles. The second-order valence-corrected chi connectivity index (χ2v) is 5.57. The number of halogens is 2. The molecule has 1 amide bonds. The summed E-state index contributed by atoms with van der Waals surface area (Å²) in [5, 5.41) is 2.93. The van der Waals surface area contributed by atoms with Crippen molar-refractivity contribution in [2.75, 3.05) is 20.1 Å². The minimum atomic E-state index is 0. The zero-order valence-corrected chi connectivity index (χ0v) is 13.3. The lowest BCUT2D eigenvalue weighted by molar-refractivity contribution is -0.131. The Morgan fingerprint density at radius 1 is 1.44 bits per heavy atom. The second kappa shape index (κ2) is 7.31. The van der Waals surface area contributed by atoms with E-state index in [1.165, 1.54) is 9.13 Å². The Labute approximate surface area is 128 Å². The van der Waals surface area contributed by atoms with E-state index >= 15 is 0 Å². The van der Waals surface area contributed by atoms with Crippen molar-refractivity contribution in [1.29, 1.82) is 0 Å². The summed E-state index contributed by atoms with van der Waals surface area (Å²) in [6.07, 6.45) is 2.18. The average Bonchev–Trinajstić information content (AvgIpc) is 2.79. The van der Waals surface area contributed by atoms with Crippen LogP contribution in [0, 0.1) is 3.57 Å². The lowest BCUT2D eigenvalue weighted by atomic mass is 10.0. The summed E-state index contributed by atoms with van der Waals surface area (Å²) in [5.74, 6) is 0.202. The number of hydrogen-bond donors (Lipinski definition) is 1. The van der Waals surface area contributed by atoms with E-state index in [1.807, 2.05) is 11.9 Å². The molecule has 1 aliphatic heterocycles. The Kier molecular flexibility index (Phi) is 6.38. The van der Waals surface area contributed by atoms with Gasteiger partial charge >= 0.3 is 0 Å². The third-order valence-corrected chi connectivity index (χ3v) is 3.88. The standard InChI is InChI=1S/C13H17IN2O.ClH/c1-15-9-13(17)16-8-2-3-12(16)10-4-6-11(14)7-5-10;/h4-7,12,15H,2-3,8-9H2,1H3;1H. The summed E-state index contributed by atoms with van der Waals surface area (Å²) in [5.41, 5.74) is 1.26. The van der Waals surface area contributed by atoms with Crippen LogP contribution in [0.2, 0.25) is 0 Å². The molecule has 1 atom stereocenters. The number of likely N-dealkylation sites (N-methyl/N-ethyl adjacent to an activating group) is 1.